The van der Waals surface area contributed by atoms with Gasteiger partial charge in [-0.05, 0) is 25.0 Å². The van der Waals surface area contributed by atoms with E-state index in [-0.39, 0.29) is 0 Å². The molecule has 1 atom stereocenters. The molecule has 4 heteroatoms. The molecule has 4 nitrogen and oxygen atoms in total. The first-order chi connectivity index (χ1) is 7.26. The van der Waals surface area contributed by atoms with E-state index >= 15 is 0 Å². The summed E-state index contributed by atoms with van der Waals surface area (Å²) in [6, 6.07) is 2.29. The van der Waals surface area contributed by atoms with Crippen molar-refractivity contribution in [3.05, 3.63) is 17.8 Å². The van der Waals surface area contributed by atoms with Crippen molar-refractivity contribution >= 4 is 5.82 Å². The molecule has 0 aliphatic heterocycles. The Hall–Kier alpha value is -1.16. The molecular formula is C11H20N4. The summed E-state index contributed by atoms with van der Waals surface area (Å²) in [5.74, 6) is 0.821. The maximum absolute atomic E-state index is 5.69. The minimum Gasteiger partial charge on any atom is -0.365 e. The standard InChI is InChI=1S/C11H20N4/c1-3-4-5-10(7-12)14-11-6-9(2)8-13-15-11/h6,8,10H,3-5,7,12H2,1-2H3,(H,14,15). The molecule has 1 unspecified atom stereocenters. The molecule has 0 saturated heterocycles. The number of aryl methyl sites for hydroxylation is 1. The van der Waals surface area contributed by atoms with Crippen LogP contribution in [0.25, 0.3) is 0 Å². The third kappa shape index (κ3) is 4.25. The molecule has 84 valence electrons. The van der Waals surface area contributed by atoms with Crippen LogP contribution >= 0.6 is 0 Å². The zero-order valence-electron chi connectivity index (χ0n) is 9.53. The molecule has 1 aromatic rings. The fraction of sp³-hybridized carbons (Fsp3) is 0.636. The van der Waals surface area contributed by atoms with Gasteiger partial charge in [0.1, 0.15) is 5.82 Å². The highest BCUT2D eigenvalue weighted by Crippen LogP contribution is 2.08. The Bertz CT molecular complexity index is 288. The van der Waals surface area contributed by atoms with Crippen LogP contribution in [0.15, 0.2) is 12.3 Å². The van der Waals surface area contributed by atoms with Gasteiger partial charge in [-0.2, -0.15) is 5.10 Å². The molecule has 0 radical (unpaired) electrons. The van der Waals surface area contributed by atoms with Crippen LogP contribution < -0.4 is 11.1 Å². The van der Waals surface area contributed by atoms with E-state index in [0.29, 0.717) is 12.6 Å². The van der Waals surface area contributed by atoms with Gasteiger partial charge in [0.05, 0.1) is 6.20 Å². The van der Waals surface area contributed by atoms with Crippen LogP contribution in [0.4, 0.5) is 5.82 Å². The largest absolute Gasteiger partial charge is 0.365 e. The predicted octanol–water partition coefficient (Wildman–Crippen LogP) is 1.71. The summed E-state index contributed by atoms with van der Waals surface area (Å²) < 4.78 is 0. The third-order valence-electron chi connectivity index (χ3n) is 2.33. The van der Waals surface area contributed by atoms with E-state index < -0.39 is 0 Å². The quantitative estimate of drug-likeness (QED) is 0.747. The lowest BCUT2D eigenvalue weighted by atomic mass is 10.1. The summed E-state index contributed by atoms with van der Waals surface area (Å²) in [6.45, 7) is 4.82. The summed E-state index contributed by atoms with van der Waals surface area (Å²) >= 11 is 0. The molecule has 0 aliphatic rings. The van der Waals surface area contributed by atoms with Crippen LogP contribution in [0, 0.1) is 6.92 Å². The van der Waals surface area contributed by atoms with E-state index in [1.54, 1.807) is 6.20 Å². The zero-order valence-corrected chi connectivity index (χ0v) is 9.53. The van der Waals surface area contributed by atoms with Crippen LogP contribution in [-0.4, -0.2) is 22.8 Å². The summed E-state index contributed by atoms with van der Waals surface area (Å²) in [4.78, 5) is 0. The second-order valence-electron chi connectivity index (χ2n) is 3.84. The first kappa shape index (κ1) is 11.9. The highest BCUT2D eigenvalue weighted by atomic mass is 15.2. The number of rotatable bonds is 6. The highest BCUT2D eigenvalue weighted by Gasteiger charge is 2.06. The van der Waals surface area contributed by atoms with Crippen molar-refractivity contribution in [2.24, 2.45) is 5.73 Å². The number of aromatic nitrogens is 2. The van der Waals surface area contributed by atoms with Crippen LogP contribution in [-0.2, 0) is 0 Å². The first-order valence-corrected chi connectivity index (χ1v) is 5.52. The Kier molecular flexibility index (Phi) is 5.04. The number of hydrogen-bond acceptors (Lipinski definition) is 4. The average molecular weight is 208 g/mol. The van der Waals surface area contributed by atoms with E-state index in [2.05, 4.69) is 22.4 Å². The topological polar surface area (TPSA) is 63.8 Å². The van der Waals surface area contributed by atoms with Crippen molar-refractivity contribution in [3.8, 4) is 0 Å². The predicted molar refractivity (Wildman–Crippen MR) is 62.8 cm³/mol. The Morgan fingerprint density at radius 2 is 2.33 bits per heavy atom. The maximum Gasteiger partial charge on any atom is 0.149 e. The fourth-order valence-electron chi connectivity index (χ4n) is 1.44. The van der Waals surface area contributed by atoms with E-state index in [4.69, 9.17) is 5.73 Å². The molecule has 1 rings (SSSR count). The smallest absolute Gasteiger partial charge is 0.149 e. The summed E-state index contributed by atoms with van der Waals surface area (Å²) in [5, 5.41) is 11.2. The van der Waals surface area contributed by atoms with E-state index in [1.807, 2.05) is 13.0 Å². The second-order valence-corrected chi connectivity index (χ2v) is 3.84. The van der Waals surface area contributed by atoms with Crippen molar-refractivity contribution < 1.29 is 0 Å². The molecule has 0 fully saturated rings. The number of anilines is 1. The molecule has 0 spiro atoms. The van der Waals surface area contributed by atoms with Crippen molar-refractivity contribution in [1.29, 1.82) is 0 Å². The number of nitrogens with one attached hydrogen (secondary N) is 1. The van der Waals surface area contributed by atoms with Crippen molar-refractivity contribution in [2.45, 2.75) is 39.2 Å². The van der Waals surface area contributed by atoms with Gasteiger partial charge in [-0.1, -0.05) is 19.8 Å². The monoisotopic (exact) mass is 208 g/mol. The Labute approximate surface area is 91.3 Å². The summed E-state index contributed by atoms with van der Waals surface area (Å²) in [5.41, 5.74) is 6.80. The van der Waals surface area contributed by atoms with Crippen LogP contribution in [0.3, 0.4) is 0 Å². The van der Waals surface area contributed by atoms with Crippen LogP contribution in [0.2, 0.25) is 0 Å². The molecule has 0 amide bonds. The molecule has 1 heterocycles. The normalized spacial score (nSPS) is 12.5. The number of hydrogen-bond donors (Lipinski definition) is 2. The molecular weight excluding hydrogens is 188 g/mol. The fourth-order valence-corrected chi connectivity index (χ4v) is 1.44. The molecule has 15 heavy (non-hydrogen) atoms. The Balaban J connectivity index is 2.50. The van der Waals surface area contributed by atoms with Gasteiger partial charge in [0.25, 0.3) is 0 Å². The van der Waals surface area contributed by atoms with Crippen LogP contribution in [0.5, 0.6) is 0 Å². The van der Waals surface area contributed by atoms with Gasteiger partial charge in [0.15, 0.2) is 0 Å². The number of unbranched alkanes of at least 4 members (excludes halogenated alkanes) is 1. The number of nitrogens with zero attached hydrogens (tertiary/aromatic N) is 2. The van der Waals surface area contributed by atoms with Gasteiger partial charge >= 0.3 is 0 Å². The van der Waals surface area contributed by atoms with Gasteiger partial charge in [-0.15, -0.1) is 5.10 Å². The zero-order chi connectivity index (χ0) is 11.1. The maximum atomic E-state index is 5.69. The van der Waals surface area contributed by atoms with Gasteiger partial charge < -0.3 is 11.1 Å². The molecule has 0 bridgehead atoms. The van der Waals surface area contributed by atoms with Gasteiger partial charge in [0.2, 0.25) is 0 Å². The van der Waals surface area contributed by atoms with E-state index in [0.717, 1.165) is 17.8 Å². The molecule has 0 saturated carbocycles. The minimum atomic E-state index is 0.307. The van der Waals surface area contributed by atoms with Crippen molar-refractivity contribution in [1.82, 2.24) is 10.2 Å². The lowest BCUT2D eigenvalue weighted by Crippen LogP contribution is -2.29. The van der Waals surface area contributed by atoms with E-state index in [1.165, 1.54) is 12.8 Å². The Morgan fingerprint density at radius 3 is 2.93 bits per heavy atom. The van der Waals surface area contributed by atoms with Gasteiger partial charge in [0, 0.05) is 12.6 Å². The average Bonchev–Trinajstić information content (AvgIpc) is 2.24. The minimum absolute atomic E-state index is 0.307. The van der Waals surface area contributed by atoms with Crippen molar-refractivity contribution in [2.75, 3.05) is 11.9 Å². The van der Waals surface area contributed by atoms with Crippen LogP contribution in [0.1, 0.15) is 31.7 Å². The summed E-state index contributed by atoms with van der Waals surface area (Å²) in [7, 11) is 0. The molecule has 0 aliphatic carbocycles. The highest BCUT2D eigenvalue weighted by molar-refractivity contribution is 5.36. The van der Waals surface area contributed by atoms with E-state index in [9.17, 15) is 0 Å². The molecule has 0 aromatic carbocycles. The second kappa shape index (κ2) is 6.35. The Morgan fingerprint density at radius 1 is 1.53 bits per heavy atom. The molecule has 3 N–H and O–H groups in total. The van der Waals surface area contributed by atoms with Gasteiger partial charge in [-0.3, -0.25) is 0 Å². The lowest BCUT2D eigenvalue weighted by molar-refractivity contribution is 0.611. The molecule has 1 aromatic heterocycles. The first-order valence-electron chi connectivity index (χ1n) is 5.52. The lowest BCUT2D eigenvalue weighted by Gasteiger charge is -2.16. The summed E-state index contributed by atoms with van der Waals surface area (Å²) in [6.07, 6.45) is 5.21. The number of nitrogens with two attached hydrogens (primary N) is 1. The SMILES string of the molecule is CCCCC(CN)Nc1cc(C)cnn1. The van der Waals surface area contributed by atoms with Gasteiger partial charge in [-0.25, -0.2) is 0 Å². The van der Waals surface area contributed by atoms with Crippen molar-refractivity contribution in [3.63, 3.8) is 0 Å². The third-order valence-corrected chi connectivity index (χ3v) is 2.33.